The number of unbranched alkanes of at least 4 members (excludes halogenated alkanes) is 3. The summed E-state index contributed by atoms with van der Waals surface area (Å²) >= 11 is 0. The van der Waals surface area contributed by atoms with E-state index in [2.05, 4.69) is 0 Å². The molecule has 2 atom stereocenters. The van der Waals surface area contributed by atoms with Crippen molar-refractivity contribution in [2.45, 2.75) is 56.6 Å². The lowest BCUT2D eigenvalue weighted by Gasteiger charge is -2.33. The molecule has 0 radical (unpaired) electrons. The first-order valence-electron chi connectivity index (χ1n) is 9.77. The van der Waals surface area contributed by atoms with Gasteiger partial charge in [0.2, 0.25) is 0 Å². The number of carboxylic acids is 1. The van der Waals surface area contributed by atoms with E-state index in [-0.39, 0.29) is 18.6 Å². The van der Waals surface area contributed by atoms with Crippen molar-refractivity contribution < 1.29 is 33.3 Å². The third kappa shape index (κ3) is 6.81. The number of aliphatic hydroxyl groups excluding tert-OH is 1. The van der Waals surface area contributed by atoms with Crippen LogP contribution in [0.15, 0.2) is 42.5 Å². The van der Waals surface area contributed by atoms with Crippen LogP contribution < -0.4 is 0 Å². The van der Waals surface area contributed by atoms with Crippen LogP contribution in [0.2, 0.25) is 0 Å². The topological polar surface area (TPSA) is 87.1 Å². The van der Waals surface area contributed by atoms with Crippen LogP contribution >= 0.6 is 0 Å². The van der Waals surface area contributed by atoms with Crippen molar-refractivity contribution in [1.29, 1.82) is 0 Å². The van der Waals surface area contributed by atoms with E-state index in [0.29, 0.717) is 25.8 Å². The number of hydrogen-bond donors (Lipinski definition) is 2. The van der Waals surface area contributed by atoms with Crippen molar-refractivity contribution in [1.82, 2.24) is 4.90 Å². The molecule has 1 aromatic rings. The largest absolute Gasteiger partial charge is 0.481 e. The van der Waals surface area contributed by atoms with Gasteiger partial charge < -0.3 is 19.8 Å². The minimum atomic E-state index is -3.44. The Bertz CT molecular complexity index is 696. The molecular formula is C21H27F2NO5. The highest BCUT2D eigenvalue weighted by Gasteiger charge is 2.39. The van der Waals surface area contributed by atoms with Gasteiger partial charge >= 0.3 is 18.0 Å². The number of halogens is 2. The molecule has 2 N–H and O–H groups in total. The first-order chi connectivity index (χ1) is 13.8. The predicted molar refractivity (Wildman–Crippen MR) is 103 cm³/mol. The average molecular weight is 411 g/mol. The zero-order chi connectivity index (χ0) is 21.3. The smallest absolute Gasteiger partial charge is 0.410 e. The van der Waals surface area contributed by atoms with Crippen molar-refractivity contribution in [3.63, 3.8) is 0 Å². The lowest BCUT2D eigenvalue weighted by Crippen LogP contribution is -2.45. The third-order valence-corrected chi connectivity index (χ3v) is 4.86. The first-order valence-corrected chi connectivity index (χ1v) is 9.77. The summed E-state index contributed by atoms with van der Waals surface area (Å²) in [5, 5.41) is 18.6. The fraction of sp³-hybridized carbons (Fsp3) is 0.524. The maximum atomic E-state index is 14.4. The van der Waals surface area contributed by atoms with Crippen LogP contribution in [0.25, 0.3) is 0 Å². The van der Waals surface area contributed by atoms with E-state index in [1.54, 1.807) is 6.07 Å². The number of alkyl halides is 2. The van der Waals surface area contributed by atoms with Crippen molar-refractivity contribution in [2.75, 3.05) is 13.2 Å². The van der Waals surface area contributed by atoms with Crippen LogP contribution in [0.4, 0.5) is 13.6 Å². The van der Waals surface area contributed by atoms with Gasteiger partial charge in [-0.15, -0.1) is 0 Å². The SMILES string of the molecule is O=C(O)CCCCCCN1C(=O)OCC[C@@H]1C=CC(O)C(F)(F)c1ccccc1. The summed E-state index contributed by atoms with van der Waals surface area (Å²) in [6.07, 6.45) is 3.23. The minimum absolute atomic E-state index is 0.116. The van der Waals surface area contributed by atoms with Crippen molar-refractivity contribution in [3.05, 3.63) is 48.0 Å². The lowest BCUT2D eigenvalue weighted by molar-refractivity contribution is -0.137. The number of carbonyl (C=O) groups excluding carboxylic acids is 1. The van der Waals surface area contributed by atoms with E-state index in [0.717, 1.165) is 18.9 Å². The molecule has 0 bridgehead atoms. The monoisotopic (exact) mass is 411 g/mol. The molecule has 1 amide bonds. The highest BCUT2D eigenvalue weighted by atomic mass is 19.3. The predicted octanol–water partition coefficient (Wildman–Crippen LogP) is 3.94. The van der Waals surface area contributed by atoms with Gasteiger partial charge in [-0.25, -0.2) is 4.79 Å². The van der Waals surface area contributed by atoms with Gasteiger partial charge in [0.1, 0.15) is 6.10 Å². The lowest BCUT2D eigenvalue weighted by atomic mass is 10.0. The Morgan fingerprint density at radius 2 is 1.93 bits per heavy atom. The van der Waals surface area contributed by atoms with E-state index < -0.39 is 30.1 Å². The number of nitrogens with zero attached hydrogens (tertiary/aromatic N) is 1. The molecule has 29 heavy (non-hydrogen) atoms. The molecule has 1 fully saturated rings. The zero-order valence-corrected chi connectivity index (χ0v) is 16.2. The highest BCUT2D eigenvalue weighted by Crippen LogP contribution is 2.32. The Kier molecular flexibility index (Phi) is 8.57. The van der Waals surface area contributed by atoms with E-state index >= 15 is 0 Å². The number of carboxylic acid groups (broad SMARTS) is 1. The number of aliphatic hydroxyl groups is 1. The molecule has 2 rings (SSSR count). The number of ether oxygens (including phenoxy) is 1. The summed E-state index contributed by atoms with van der Waals surface area (Å²) in [4.78, 5) is 24.0. The number of cyclic esters (lactones) is 1. The van der Waals surface area contributed by atoms with E-state index in [1.165, 1.54) is 35.2 Å². The number of carbonyl (C=O) groups is 2. The molecule has 0 aromatic heterocycles. The maximum absolute atomic E-state index is 14.4. The molecule has 6 nitrogen and oxygen atoms in total. The number of amides is 1. The van der Waals surface area contributed by atoms with E-state index in [1.807, 2.05) is 0 Å². The summed E-state index contributed by atoms with van der Waals surface area (Å²) in [5.41, 5.74) is -0.279. The third-order valence-electron chi connectivity index (χ3n) is 4.86. The molecule has 1 saturated heterocycles. The number of rotatable bonds is 11. The molecule has 8 heteroatoms. The van der Waals surface area contributed by atoms with Crippen molar-refractivity contribution >= 4 is 12.1 Å². The Balaban J connectivity index is 1.92. The standard InChI is InChI=1S/C21H27F2NO5/c22-21(23,16-8-4-3-5-9-16)18(25)12-11-17-13-15-29-20(28)24(17)14-7-2-1-6-10-19(26)27/h3-5,8-9,11-12,17-18,25H,1-2,6-7,10,13-15H2,(H,26,27)/t17-,18?/m0/s1. The van der Waals surface area contributed by atoms with E-state index in [4.69, 9.17) is 9.84 Å². The second kappa shape index (κ2) is 10.9. The van der Waals surface area contributed by atoms with Gasteiger partial charge in [0, 0.05) is 24.9 Å². The van der Waals surface area contributed by atoms with Crippen LogP contribution in [-0.4, -0.2) is 52.5 Å². The van der Waals surface area contributed by atoms with Crippen LogP contribution in [0, 0.1) is 0 Å². The summed E-state index contributed by atoms with van der Waals surface area (Å²) in [6, 6.07) is 6.66. The zero-order valence-electron chi connectivity index (χ0n) is 16.2. The fourth-order valence-corrected chi connectivity index (χ4v) is 3.20. The van der Waals surface area contributed by atoms with Gasteiger partial charge in [-0.2, -0.15) is 8.78 Å². The first kappa shape index (κ1) is 22.8. The second-order valence-corrected chi connectivity index (χ2v) is 7.04. The Labute approximate surface area is 168 Å². The van der Waals surface area contributed by atoms with Gasteiger partial charge in [0.15, 0.2) is 0 Å². The van der Waals surface area contributed by atoms with Gasteiger partial charge in [0.25, 0.3) is 0 Å². The van der Waals surface area contributed by atoms with Crippen molar-refractivity contribution in [3.8, 4) is 0 Å². The van der Waals surface area contributed by atoms with Gasteiger partial charge in [-0.05, 0) is 12.8 Å². The van der Waals surface area contributed by atoms with Crippen LogP contribution in [0.5, 0.6) is 0 Å². The van der Waals surface area contributed by atoms with Crippen LogP contribution in [-0.2, 0) is 15.5 Å². The number of hydrogen-bond acceptors (Lipinski definition) is 4. The molecule has 1 heterocycles. The highest BCUT2D eigenvalue weighted by molar-refractivity contribution is 5.69. The molecule has 1 aliphatic rings. The quantitative estimate of drug-likeness (QED) is 0.425. The van der Waals surface area contributed by atoms with Crippen molar-refractivity contribution in [2.24, 2.45) is 0 Å². The molecule has 1 unspecified atom stereocenters. The molecule has 1 aliphatic heterocycles. The van der Waals surface area contributed by atoms with Crippen LogP contribution in [0.1, 0.15) is 44.1 Å². The summed E-state index contributed by atoms with van der Waals surface area (Å²) in [6.45, 7) is 0.570. The second-order valence-electron chi connectivity index (χ2n) is 7.04. The Hall–Kier alpha value is -2.48. The summed E-state index contributed by atoms with van der Waals surface area (Å²) < 4.78 is 33.9. The summed E-state index contributed by atoms with van der Waals surface area (Å²) in [7, 11) is 0. The Morgan fingerprint density at radius 3 is 2.62 bits per heavy atom. The average Bonchev–Trinajstić information content (AvgIpc) is 2.70. The molecule has 0 spiro atoms. The number of aliphatic carboxylic acids is 1. The van der Waals surface area contributed by atoms with Gasteiger partial charge in [-0.3, -0.25) is 4.79 Å². The van der Waals surface area contributed by atoms with E-state index in [9.17, 15) is 23.5 Å². The minimum Gasteiger partial charge on any atom is -0.481 e. The van der Waals surface area contributed by atoms with Gasteiger partial charge in [-0.1, -0.05) is 55.3 Å². The van der Waals surface area contributed by atoms with Gasteiger partial charge in [0.05, 0.1) is 12.6 Å². The number of benzene rings is 1. The molecule has 160 valence electrons. The maximum Gasteiger partial charge on any atom is 0.410 e. The molecule has 1 aromatic carbocycles. The normalized spacial score (nSPS) is 18.7. The molecule has 0 aliphatic carbocycles. The molecular weight excluding hydrogens is 384 g/mol. The van der Waals surface area contributed by atoms with Crippen LogP contribution in [0.3, 0.4) is 0 Å². The summed E-state index contributed by atoms with van der Waals surface area (Å²) in [5.74, 6) is -4.28. The Morgan fingerprint density at radius 1 is 1.24 bits per heavy atom. The molecule has 0 saturated carbocycles. The fourth-order valence-electron chi connectivity index (χ4n) is 3.20.